The lowest BCUT2D eigenvalue weighted by molar-refractivity contribution is -0.123. The second-order valence-corrected chi connectivity index (χ2v) is 7.80. The maximum atomic E-state index is 12.4. The van der Waals surface area contributed by atoms with Gasteiger partial charge < -0.3 is 20.5 Å². The third-order valence-corrected chi connectivity index (χ3v) is 5.38. The van der Waals surface area contributed by atoms with E-state index in [1.54, 1.807) is 0 Å². The normalized spacial score (nSPS) is 18.9. The van der Waals surface area contributed by atoms with Gasteiger partial charge in [0.05, 0.1) is 6.04 Å². The van der Waals surface area contributed by atoms with Crippen LogP contribution in [0.4, 0.5) is 0 Å². The van der Waals surface area contributed by atoms with Gasteiger partial charge in [0.2, 0.25) is 5.91 Å². The topological polar surface area (TPSA) is 73.6 Å². The van der Waals surface area contributed by atoms with Crippen molar-refractivity contribution in [3.63, 3.8) is 0 Å². The van der Waals surface area contributed by atoms with Crippen LogP contribution in [0.5, 0.6) is 11.5 Å². The Bertz CT molecular complexity index is 615. The zero-order valence-corrected chi connectivity index (χ0v) is 16.6. The van der Waals surface area contributed by atoms with E-state index in [0.29, 0.717) is 32.1 Å². The Morgan fingerprint density at radius 1 is 1.19 bits per heavy atom. The molecule has 3 N–H and O–H groups in total. The minimum Gasteiger partial charge on any atom is -0.486 e. The molecule has 1 atom stereocenters. The summed E-state index contributed by atoms with van der Waals surface area (Å²) in [6.45, 7) is 5.99. The van der Waals surface area contributed by atoms with E-state index in [0.717, 1.165) is 24.3 Å². The molecule has 6 heteroatoms. The number of halogens is 1. The smallest absolute Gasteiger partial charge is 0.236 e. The Morgan fingerprint density at radius 2 is 1.85 bits per heavy atom. The summed E-state index contributed by atoms with van der Waals surface area (Å²) in [5, 5.41) is 3.11. The fourth-order valence-corrected chi connectivity index (χ4v) is 3.99. The van der Waals surface area contributed by atoms with Gasteiger partial charge in [-0.1, -0.05) is 32.8 Å². The highest BCUT2D eigenvalue weighted by molar-refractivity contribution is 5.85. The number of hydrogen-bond acceptors (Lipinski definition) is 4. The molecule has 146 valence electrons. The third-order valence-electron chi connectivity index (χ3n) is 5.38. The van der Waals surface area contributed by atoms with E-state index in [-0.39, 0.29) is 23.7 Å². The molecule has 1 saturated carbocycles. The SMILES string of the molecule is CC(C)C[C@H](N)C(=O)NCC1(c2ccc3c(c2)OCCO3)CCCC1.Cl. The van der Waals surface area contributed by atoms with Gasteiger partial charge in [0.25, 0.3) is 0 Å². The monoisotopic (exact) mass is 382 g/mol. The minimum atomic E-state index is -0.432. The number of carbonyl (C=O) groups is 1. The Hall–Kier alpha value is -1.46. The van der Waals surface area contributed by atoms with Crippen molar-refractivity contribution in [3.8, 4) is 11.5 Å². The summed E-state index contributed by atoms with van der Waals surface area (Å²) < 4.78 is 11.4. The molecule has 0 radical (unpaired) electrons. The van der Waals surface area contributed by atoms with E-state index < -0.39 is 6.04 Å². The lowest BCUT2D eigenvalue weighted by Crippen LogP contribution is -2.46. The highest BCUT2D eigenvalue weighted by Crippen LogP contribution is 2.43. The van der Waals surface area contributed by atoms with E-state index in [1.807, 2.05) is 6.07 Å². The molecular formula is C20H31ClN2O3. The predicted molar refractivity (Wildman–Crippen MR) is 105 cm³/mol. The van der Waals surface area contributed by atoms with Crippen molar-refractivity contribution in [1.29, 1.82) is 0 Å². The number of fused-ring (bicyclic) bond motifs is 1. The number of rotatable bonds is 6. The standard InChI is InChI=1S/C20H30N2O3.ClH/c1-14(2)11-16(21)19(23)22-13-20(7-3-4-8-20)15-5-6-17-18(12-15)25-10-9-24-17;/h5-6,12,14,16H,3-4,7-11,13,21H2,1-2H3,(H,22,23);1H/t16-;/m0./s1. The van der Waals surface area contributed by atoms with Crippen LogP contribution in [0.2, 0.25) is 0 Å². The highest BCUT2D eigenvalue weighted by atomic mass is 35.5. The van der Waals surface area contributed by atoms with Gasteiger partial charge in [-0.15, -0.1) is 12.4 Å². The van der Waals surface area contributed by atoms with Crippen LogP contribution in [-0.4, -0.2) is 31.7 Å². The number of nitrogens with two attached hydrogens (primary N) is 1. The van der Waals surface area contributed by atoms with Crippen molar-refractivity contribution >= 4 is 18.3 Å². The first kappa shape index (κ1) is 20.8. The predicted octanol–water partition coefficient (Wildman–Crippen LogP) is 3.18. The van der Waals surface area contributed by atoms with Crippen LogP contribution in [0, 0.1) is 5.92 Å². The van der Waals surface area contributed by atoms with Crippen LogP contribution in [0.15, 0.2) is 18.2 Å². The van der Waals surface area contributed by atoms with Gasteiger partial charge in [-0.2, -0.15) is 0 Å². The minimum absolute atomic E-state index is 0. The van der Waals surface area contributed by atoms with Crippen molar-refractivity contribution in [3.05, 3.63) is 23.8 Å². The Labute approximate surface area is 162 Å². The lowest BCUT2D eigenvalue weighted by atomic mass is 9.78. The molecule has 2 aliphatic rings. The molecule has 0 saturated heterocycles. The first-order chi connectivity index (χ1) is 12.0. The van der Waals surface area contributed by atoms with E-state index in [4.69, 9.17) is 15.2 Å². The summed E-state index contributed by atoms with van der Waals surface area (Å²) >= 11 is 0. The van der Waals surface area contributed by atoms with Gasteiger partial charge in [0.15, 0.2) is 11.5 Å². The lowest BCUT2D eigenvalue weighted by Gasteiger charge is -2.32. The number of carbonyl (C=O) groups excluding carboxylic acids is 1. The molecule has 1 amide bonds. The zero-order valence-electron chi connectivity index (χ0n) is 15.8. The number of nitrogens with one attached hydrogen (secondary N) is 1. The van der Waals surface area contributed by atoms with Crippen molar-refractivity contribution in [2.24, 2.45) is 11.7 Å². The summed E-state index contributed by atoms with van der Waals surface area (Å²) in [5.74, 6) is 2.00. The van der Waals surface area contributed by atoms with Crippen molar-refractivity contribution in [2.75, 3.05) is 19.8 Å². The number of benzene rings is 1. The molecule has 1 heterocycles. The van der Waals surface area contributed by atoms with Crippen molar-refractivity contribution in [2.45, 2.75) is 57.4 Å². The van der Waals surface area contributed by atoms with Crippen LogP contribution >= 0.6 is 12.4 Å². The van der Waals surface area contributed by atoms with E-state index >= 15 is 0 Å². The van der Waals surface area contributed by atoms with Crippen LogP contribution in [0.25, 0.3) is 0 Å². The van der Waals surface area contributed by atoms with Crippen LogP contribution in [-0.2, 0) is 10.2 Å². The summed E-state index contributed by atoms with van der Waals surface area (Å²) in [7, 11) is 0. The first-order valence-corrected chi connectivity index (χ1v) is 9.44. The Kier molecular flexibility index (Phi) is 7.18. The number of hydrogen-bond donors (Lipinski definition) is 2. The highest BCUT2D eigenvalue weighted by Gasteiger charge is 2.37. The number of amides is 1. The molecule has 1 aromatic rings. The first-order valence-electron chi connectivity index (χ1n) is 9.44. The fraction of sp³-hybridized carbons (Fsp3) is 0.650. The molecule has 1 aliphatic heterocycles. The summed E-state index contributed by atoms with van der Waals surface area (Å²) in [6, 6.07) is 5.79. The molecular weight excluding hydrogens is 352 g/mol. The molecule has 1 aromatic carbocycles. The average Bonchev–Trinajstić information content (AvgIpc) is 3.09. The van der Waals surface area contributed by atoms with Gasteiger partial charge in [0, 0.05) is 12.0 Å². The molecule has 0 spiro atoms. The molecule has 5 nitrogen and oxygen atoms in total. The maximum absolute atomic E-state index is 12.4. The van der Waals surface area contributed by atoms with Gasteiger partial charge >= 0.3 is 0 Å². The van der Waals surface area contributed by atoms with E-state index in [1.165, 1.54) is 18.4 Å². The second-order valence-electron chi connectivity index (χ2n) is 7.80. The largest absolute Gasteiger partial charge is 0.486 e. The molecule has 1 aliphatic carbocycles. The Balaban J connectivity index is 0.00000243. The zero-order chi connectivity index (χ0) is 17.9. The Morgan fingerprint density at radius 3 is 2.50 bits per heavy atom. The van der Waals surface area contributed by atoms with Gasteiger partial charge in [-0.25, -0.2) is 0 Å². The van der Waals surface area contributed by atoms with Crippen molar-refractivity contribution in [1.82, 2.24) is 5.32 Å². The number of ether oxygens (including phenoxy) is 2. The summed E-state index contributed by atoms with van der Waals surface area (Å²) in [6.07, 6.45) is 5.23. The van der Waals surface area contributed by atoms with E-state index in [2.05, 4.69) is 31.3 Å². The maximum Gasteiger partial charge on any atom is 0.236 e. The van der Waals surface area contributed by atoms with E-state index in [9.17, 15) is 4.79 Å². The van der Waals surface area contributed by atoms with Crippen LogP contribution in [0.3, 0.4) is 0 Å². The summed E-state index contributed by atoms with van der Waals surface area (Å²) in [5.41, 5.74) is 7.23. The molecule has 0 bridgehead atoms. The molecule has 0 aromatic heterocycles. The third kappa shape index (κ3) is 4.63. The van der Waals surface area contributed by atoms with Crippen LogP contribution < -0.4 is 20.5 Å². The van der Waals surface area contributed by atoms with Gasteiger partial charge in [-0.05, 0) is 42.9 Å². The van der Waals surface area contributed by atoms with Crippen molar-refractivity contribution < 1.29 is 14.3 Å². The summed E-state index contributed by atoms with van der Waals surface area (Å²) in [4.78, 5) is 12.4. The average molecular weight is 383 g/mol. The molecule has 1 fully saturated rings. The van der Waals surface area contributed by atoms with Crippen LogP contribution in [0.1, 0.15) is 51.5 Å². The second kappa shape index (κ2) is 8.96. The van der Waals surface area contributed by atoms with Gasteiger partial charge in [-0.3, -0.25) is 4.79 Å². The van der Waals surface area contributed by atoms with Gasteiger partial charge in [0.1, 0.15) is 13.2 Å². The molecule has 3 rings (SSSR count). The quantitative estimate of drug-likeness (QED) is 0.792. The molecule has 26 heavy (non-hydrogen) atoms. The molecule has 0 unspecified atom stereocenters. The fourth-order valence-electron chi connectivity index (χ4n) is 3.99.